The third kappa shape index (κ3) is 6.34. The van der Waals surface area contributed by atoms with Crippen LogP contribution in [0.5, 0.6) is 0 Å². The molecule has 0 bridgehead atoms. The van der Waals surface area contributed by atoms with Crippen LogP contribution in [0, 0.1) is 11.3 Å². The monoisotopic (exact) mass is 467 g/mol. The molecule has 2 aliphatic rings. The number of likely N-dealkylation sites (tertiary alicyclic amines) is 1. The predicted molar refractivity (Wildman–Crippen MR) is 125 cm³/mol. The number of nitrogens with one attached hydrogen (secondary N) is 1. The number of nitrogens with zero attached hydrogens (tertiary/aromatic N) is 3. The van der Waals surface area contributed by atoms with Gasteiger partial charge in [0.25, 0.3) is 0 Å². The van der Waals surface area contributed by atoms with Crippen molar-refractivity contribution in [2.45, 2.75) is 19.4 Å². The van der Waals surface area contributed by atoms with Crippen molar-refractivity contribution >= 4 is 35.9 Å². The first-order chi connectivity index (χ1) is 14.9. The molecule has 2 aliphatic heterocycles. The topological polar surface area (TPSA) is 112 Å². The number of nitrogen functional groups attached to an aromatic ring is 1. The number of halogens is 1. The fourth-order valence-corrected chi connectivity index (χ4v) is 4.52. The first kappa shape index (κ1) is 25.9. The molecule has 3 rings (SSSR count). The second-order valence-corrected chi connectivity index (χ2v) is 8.01. The number of carbonyl (C=O) groups excluding carboxylic acids is 2. The van der Waals surface area contributed by atoms with Gasteiger partial charge in [0.1, 0.15) is 5.84 Å². The van der Waals surface area contributed by atoms with E-state index in [4.69, 9.17) is 20.6 Å². The van der Waals surface area contributed by atoms with Crippen LogP contribution in [0.2, 0.25) is 0 Å². The van der Waals surface area contributed by atoms with E-state index in [1.54, 1.807) is 6.92 Å². The van der Waals surface area contributed by atoms with Crippen LogP contribution in [0.15, 0.2) is 24.3 Å². The highest BCUT2D eigenvalue weighted by Crippen LogP contribution is 2.26. The Labute approximate surface area is 195 Å². The van der Waals surface area contributed by atoms with E-state index in [0.717, 1.165) is 50.4 Å². The summed E-state index contributed by atoms with van der Waals surface area (Å²) in [5.74, 6) is -0.691. The van der Waals surface area contributed by atoms with Gasteiger partial charge in [-0.25, -0.2) is 0 Å². The van der Waals surface area contributed by atoms with E-state index >= 15 is 0 Å². The number of benzene rings is 1. The Balaban J connectivity index is 0.00000363. The summed E-state index contributed by atoms with van der Waals surface area (Å²) in [5.41, 5.74) is 7.37. The summed E-state index contributed by atoms with van der Waals surface area (Å²) in [6.45, 7) is 7.03. The third-order valence-electron chi connectivity index (χ3n) is 6.15. The van der Waals surface area contributed by atoms with Crippen molar-refractivity contribution in [2.75, 3.05) is 64.4 Å². The summed E-state index contributed by atoms with van der Waals surface area (Å²) in [6, 6.07) is 7.84. The van der Waals surface area contributed by atoms with Crippen molar-refractivity contribution in [1.29, 1.82) is 5.41 Å². The van der Waals surface area contributed by atoms with Gasteiger partial charge in [-0.15, -0.1) is 12.4 Å². The number of esters is 2. The van der Waals surface area contributed by atoms with Crippen molar-refractivity contribution in [1.82, 2.24) is 9.80 Å². The van der Waals surface area contributed by atoms with E-state index in [1.165, 1.54) is 7.11 Å². The second kappa shape index (κ2) is 12.0. The van der Waals surface area contributed by atoms with Crippen LogP contribution in [-0.4, -0.2) is 93.1 Å². The lowest BCUT2D eigenvalue weighted by Gasteiger charge is -2.46. The minimum Gasteiger partial charge on any atom is -0.469 e. The smallest absolute Gasteiger partial charge is 0.320 e. The molecule has 0 aromatic heterocycles. The number of methoxy groups -OCH3 is 1. The molecule has 0 aliphatic carbocycles. The summed E-state index contributed by atoms with van der Waals surface area (Å²) in [6.07, 6.45) is 0.812. The van der Waals surface area contributed by atoms with Gasteiger partial charge in [-0.05, 0) is 37.6 Å². The zero-order valence-electron chi connectivity index (χ0n) is 18.8. The molecule has 9 nitrogen and oxygen atoms in total. The van der Waals surface area contributed by atoms with Gasteiger partial charge in [0.05, 0.1) is 26.2 Å². The number of amidine groups is 1. The molecule has 178 valence electrons. The van der Waals surface area contributed by atoms with E-state index < -0.39 is 0 Å². The van der Waals surface area contributed by atoms with Gasteiger partial charge >= 0.3 is 11.9 Å². The Bertz CT molecular complexity index is 783. The lowest BCUT2D eigenvalue weighted by atomic mass is 9.90. The average molecular weight is 468 g/mol. The molecule has 32 heavy (non-hydrogen) atoms. The molecule has 0 amide bonds. The highest BCUT2D eigenvalue weighted by Gasteiger charge is 2.39. The van der Waals surface area contributed by atoms with Crippen LogP contribution in [0.4, 0.5) is 5.69 Å². The normalized spacial score (nSPS) is 22.0. The van der Waals surface area contributed by atoms with Gasteiger partial charge in [0, 0.05) is 56.6 Å². The number of piperazine rings is 1. The first-order valence-corrected chi connectivity index (χ1v) is 10.8. The zero-order valence-corrected chi connectivity index (χ0v) is 19.6. The molecule has 0 radical (unpaired) electrons. The van der Waals surface area contributed by atoms with Crippen LogP contribution in [0.3, 0.4) is 0 Å². The summed E-state index contributed by atoms with van der Waals surface area (Å²) in [4.78, 5) is 31.1. The molecule has 1 aromatic carbocycles. The van der Waals surface area contributed by atoms with Gasteiger partial charge < -0.3 is 20.1 Å². The van der Waals surface area contributed by atoms with E-state index in [0.29, 0.717) is 13.2 Å². The van der Waals surface area contributed by atoms with E-state index in [1.807, 2.05) is 29.2 Å². The van der Waals surface area contributed by atoms with E-state index in [2.05, 4.69) is 9.80 Å². The summed E-state index contributed by atoms with van der Waals surface area (Å²) < 4.78 is 10.1. The van der Waals surface area contributed by atoms with Crippen molar-refractivity contribution < 1.29 is 19.1 Å². The average Bonchev–Trinajstić information content (AvgIpc) is 2.79. The van der Waals surface area contributed by atoms with Crippen LogP contribution in [-0.2, 0) is 19.1 Å². The number of ether oxygens (including phenoxy) is 2. The van der Waals surface area contributed by atoms with Crippen LogP contribution in [0.1, 0.15) is 18.9 Å². The highest BCUT2D eigenvalue weighted by molar-refractivity contribution is 5.95. The standard InChI is InChI=1S/C22H33N5O4.ClH/c1-3-31-20(28)15-25-9-8-19(18(14-25)22(29)30-2)27-12-10-26(11-13-27)17-6-4-16(5-7-17)21(23)24;/h4-7,18-19H,3,8-15H2,1-2H3,(H3,23,24);1H. The maximum Gasteiger partial charge on any atom is 0.320 e. The zero-order chi connectivity index (χ0) is 22.4. The molecule has 3 N–H and O–H groups in total. The second-order valence-electron chi connectivity index (χ2n) is 8.01. The molecule has 0 spiro atoms. The fourth-order valence-electron chi connectivity index (χ4n) is 4.52. The largest absolute Gasteiger partial charge is 0.469 e. The number of carbonyl (C=O) groups is 2. The minimum atomic E-state index is -0.283. The molecule has 2 heterocycles. The van der Waals surface area contributed by atoms with Crippen molar-refractivity contribution in [3.05, 3.63) is 29.8 Å². The lowest BCUT2D eigenvalue weighted by Crippen LogP contribution is -2.59. The maximum absolute atomic E-state index is 12.5. The molecule has 1 aromatic rings. The summed E-state index contributed by atoms with van der Waals surface area (Å²) in [5, 5.41) is 7.52. The summed E-state index contributed by atoms with van der Waals surface area (Å²) in [7, 11) is 1.42. The number of anilines is 1. The number of hydrogen-bond acceptors (Lipinski definition) is 8. The summed E-state index contributed by atoms with van der Waals surface area (Å²) >= 11 is 0. The molecule has 2 unspecified atom stereocenters. The van der Waals surface area contributed by atoms with Crippen LogP contribution >= 0.6 is 12.4 Å². The van der Waals surface area contributed by atoms with Crippen molar-refractivity contribution in [2.24, 2.45) is 11.7 Å². The molecule has 2 atom stereocenters. The number of nitrogens with two attached hydrogens (primary N) is 1. The Morgan fingerprint density at radius 1 is 1.12 bits per heavy atom. The molecule has 0 saturated carbocycles. The van der Waals surface area contributed by atoms with Crippen molar-refractivity contribution in [3.63, 3.8) is 0 Å². The number of rotatable bonds is 7. The van der Waals surface area contributed by atoms with E-state index in [-0.39, 0.29) is 48.7 Å². The number of piperidine rings is 1. The Morgan fingerprint density at radius 3 is 2.34 bits per heavy atom. The lowest BCUT2D eigenvalue weighted by molar-refractivity contribution is -0.153. The Hall–Kier alpha value is -2.36. The first-order valence-electron chi connectivity index (χ1n) is 10.8. The molecule has 2 fully saturated rings. The van der Waals surface area contributed by atoms with Crippen LogP contribution in [0.25, 0.3) is 0 Å². The third-order valence-corrected chi connectivity index (χ3v) is 6.15. The SMILES string of the molecule is CCOC(=O)CN1CCC(N2CCN(c3ccc(C(=N)N)cc3)CC2)C(C(=O)OC)C1.Cl. The number of hydrogen-bond donors (Lipinski definition) is 2. The van der Waals surface area contributed by atoms with Crippen molar-refractivity contribution in [3.8, 4) is 0 Å². The molecule has 10 heteroatoms. The fraction of sp³-hybridized carbons (Fsp3) is 0.591. The quantitative estimate of drug-likeness (QED) is 0.346. The highest BCUT2D eigenvalue weighted by atomic mass is 35.5. The Kier molecular flexibility index (Phi) is 9.74. The van der Waals surface area contributed by atoms with Gasteiger partial charge in [0.2, 0.25) is 0 Å². The predicted octanol–water partition coefficient (Wildman–Crippen LogP) is 0.941. The minimum absolute atomic E-state index is 0. The van der Waals surface area contributed by atoms with Gasteiger partial charge in [-0.3, -0.25) is 24.8 Å². The maximum atomic E-state index is 12.5. The van der Waals surface area contributed by atoms with Gasteiger partial charge in [-0.2, -0.15) is 0 Å². The molecular formula is C22H34ClN5O4. The van der Waals surface area contributed by atoms with E-state index in [9.17, 15) is 9.59 Å². The molecular weight excluding hydrogens is 434 g/mol. The van der Waals surface area contributed by atoms with Gasteiger partial charge in [-0.1, -0.05) is 0 Å². The van der Waals surface area contributed by atoms with Crippen LogP contribution < -0.4 is 10.6 Å². The Morgan fingerprint density at radius 2 is 1.78 bits per heavy atom. The van der Waals surface area contributed by atoms with Gasteiger partial charge in [0.15, 0.2) is 0 Å². The molecule has 2 saturated heterocycles.